The predicted octanol–water partition coefficient (Wildman–Crippen LogP) is -0.488. The Morgan fingerprint density at radius 3 is 2.17 bits per heavy atom. The monoisotopic (exact) mass is 231 g/mol. The molecule has 0 aliphatic rings. The average Bonchev–Trinajstić information content (AvgIpc) is 2.06. The van der Waals surface area contributed by atoms with E-state index < -0.39 is 0 Å². The van der Waals surface area contributed by atoms with E-state index in [1.165, 1.54) is 0 Å². The molecule has 0 aromatic heterocycles. The van der Waals surface area contributed by atoms with E-state index in [-0.39, 0.29) is 24.5 Å². The molecule has 6 heteroatoms. The van der Waals surface area contributed by atoms with Gasteiger partial charge in [0.15, 0.2) is 0 Å². The van der Waals surface area contributed by atoms with E-state index in [1.54, 1.807) is 0 Å². The van der Waals surface area contributed by atoms with E-state index in [2.05, 4.69) is 30.6 Å². The van der Waals surface area contributed by atoms with Crippen molar-refractivity contribution in [2.45, 2.75) is 12.1 Å². The van der Waals surface area contributed by atoms with Crippen molar-refractivity contribution in [2.24, 2.45) is 11.5 Å². The molecule has 0 saturated heterocycles. The Balaban J connectivity index is 0. The van der Waals surface area contributed by atoms with Gasteiger partial charge in [-0.25, -0.2) is 0 Å². The van der Waals surface area contributed by atoms with Crippen LogP contribution in [0.1, 0.15) is 0 Å². The van der Waals surface area contributed by atoms with E-state index >= 15 is 0 Å². The smallest absolute Gasteiger partial charge is 0.0278 e. The minimum Gasteiger partial charge on any atom is -0.329 e. The molecule has 0 aliphatic carbocycles. The summed E-state index contributed by atoms with van der Waals surface area (Å²) in [7, 11) is 0. The summed E-state index contributed by atoms with van der Waals surface area (Å²) in [5, 5.41) is 3.19. The van der Waals surface area contributed by atoms with Crippen LogP contribution >= 0.6 is 37.7 Å². The Hall–Kier alpha value is 0.870. The summed E-state index contributed by atoms with van der Waals surface area (Å²) in [5.74, 6) is 1.44. The van der Waals surface area contributed by atoms with Gasteiger partial charge in [0.2, 0.25) is 0 Å². The Bertz CT molecular complexity index is 92.9. The summed E-state index contributed by atoms with van der Waals surface area (Å²) < 4.78 is 0. The van der Waals surface area contributed by atoms with E-state index in [0.717, 1.165) is 12.3 Å². The minimum absolute atomic E-state index is 0. The topological polar surface area (TPSA) is 64.1 Å². The van der Waals surface area contributed by atoms with Crippen LogP contribution in [0.5, 0.6) is 0 Å². The van der Waals surface area contributed by atoms with Crippen molar-refractivity contribution in [3.8, 4) is 0 Å². The van der Waals surface area contributed by atoms with Crippen LogP contribution in [0, 0.1) is 0 Å². The van der Waals surface area contributed by atoms with Gasteiger partial charge in [0, 0.05) is 36.7 Å². The van der Waals surface area contributed by atoms with Gasteiger partial charge in [0.05, 0.1) is 0 Å². The SMILES string of the molecule is Cl.NCC(CS)NCC(N)CS. The fourth-order valence-electron chi connectivity index (χ4n) is 0.605. The van der Waals surface area contributed by atoms with Gasteiger partial charge >= 0.3 is 0 Å². The lowest BCUT2D eigenvalue weighted by Crippen LogP contribution is -2.44. The van der Waals surface area contributed by atoms with E-state index in [9.17, 15) is 0 Å². The standard InChI is InChI=1S/C6H17N3S2.ClH/c7-1-6(4-11)9-2-5(8)3-10;/h5-6,9-11H,1-4,7-8H2;1H. The van der Waals surface area contributed by atoms with Crippen LogP contribution in [-0.4, -0.2) is 36.7 Å². The van der Waals surface area contributed by atoms with Crippen molar-refractivity contribution in [1.82, 2.24) is 5.32 Å². The molecule has 0 rings (SSSR count). The zero-order valence-electron chi connectivity index (χ0n) is 6.94. The van der Waals surface area contributed by atoms with Crippen molar-refractivity contribution in [2.75, 3.05) is 24.6 Å². The van der Waals surface area contributed by atoms with Crippen LogP contribution in [0.25, 0.3) is 0 Å². The molecule has 0 saturated carbocycles. The Morgan fingerprint density at radius 1 is 1.25 bits per heavy atom. The van der Waals surface area contributed by atoms with Gasteiger partial charge in [-0.2, -0.15) is 25.3 Å². The van der Waals surface area contributed by atoms with Gasteiger partial charge in [-0.15, -0.1) is 12.4 Å². The summed E-state index contributed by atoms with van der Waals surface area (Å²) in [6.07, 6.45) is 0. The fraction of sp³-hybridized carbons (Fsp3) is 1.00. The highest BCUT2D eigenvalue weighted by molar-refractivity contribution is 7.80. The lowest BCUT2D eigenvalue weighted by atomic mass is 10.3. The molecule has 0 spiro atoms. The maximum atomic E-state index is 5.63. The van der Waals surface area contributed by atoms with Crippen LogP contribution in [0.3, 0.4) is 0 Å². The summed E-state index contributed by atoms with van der Waals surface area (Å²) >= 11 is 8.19. The molecular formula is C6H18ClN3S2. The molecular weight excluding hydrogens is 214 g/mol. The molecule has 12 heavy (non-hydrogen) atoms. The van der Waals surface area contributed by atoms with Crippen LogP contribution < -0.4 is 16.8 Å². The molecule has 0 heterocycles. The molecule has 2 atom stereocenters. The van der Waals surface area contributed by atoms with Gasteiger partial charge in [-0.1, -0.05) is 0 Å². The number of hydrogen-bond acceptors (Lipinski definition) is 5. The van der Waals surface area contributed by atoms with Gasteiger partial charge < -0.3 is 16.8 Å². The molecule has 0 aromatic rings. The van der Waals surface area contributed by atoms with E-state index in [4.69, 9.17) is 11.5 Å². The molecule has 0 amide bonds. The highest BCUT2D eigenvalue weighted by atomic mass is 35.5. The molecule has 0 aliphatic heterocycles. The molecule has 0 bridgehead atoms. The van der Waals surface area contributed by atoms with E-state index in [0.29, 0.717) is 12.3 Å². The first-order chi connectivity index (χ1) is 5.24. The Kier molecular flexibility index (Phi) is 12.7. The molecule has 0 radical (unpaired) electrons. The molecule has 2 unspecified atom stereocenters. The highest BCUT2D eigenvalue weighted by Gasteiger charge is 2.04. The van der Waals surface area contributed by atoms with Gasteiger partial charge in [-0.05, 0) is 0 Å². The lowest BCUT2D eigenvalue weighted by Gasteiger charge is -2.16. The molecule has 0 fully saturated rings. The summed E-state index contributed by atoms with van der Waals surface area (Å²) in [6.45, 7) is 1.36. The van der Waals surface area contributed by atoms with Crippen molar-refractivity contribution in [3.63, 3.8) is 0 Å². The van der Waals surface area contributed by atoms with Gasteiger partial charge in [0.1, 0.15) is 0 Å². The second kappa shape index (κ2) is 9.95. The third-order valence-electron chi connectivity index (χ3n) is 1.41. The molecule has 0 aromatic carbocycles. The highest BCUT2D eigenvalue weighted by Crippen LogP contribution is 1.86. The normalized spacial score (nSPS) is 15.0. The van der Waals surface area contributed by atoms with Crippen LogP contribution in [0.2, 0.25) is 0 Å². The third-order valence-corrected chi connectivity index (χ3v) is 2.32. The maximum absolute atomic E-state index is 5.63. The zero-order valence-corrected chi connectivity index (χ0v) is 9.55. The van der Waals surface area contributed by atoms with Crippen LogP contribution in [0.4, 0.5) is 0 Å². The number of rotatable bonds is 6. The van der Waals surface area contributed by atoms with Crippen LogP contribution in [-0.2, 0) is 0 Å². The predicted molar refractivity (Wildman–Crippen MR) is 63.8 cm³/mol. The summed E-state index contributed by atoms with van der Waals surface area (Å²) in [4.78, 5) is 0. The van der Waals surface area contributed by atoms with Gasteiger partial charge in [0.25, 0.3) is 0 Å². The quantitative estimate of drug-likeness (QED) is 0.401. The number of hydrogen-bond donors (Lipinski definition) is 5. The first kappa shape index (κ1) is 15.3. The molecule has 5 N–H and O–H groups in total. The zero-order chi connectivity index (χ0) is 8.69. The number of halogens is 1. The molecule has 76 valence electrons. The largest absolute Gasteiger partial charge is 0.329 e. The first-order valence-electron chi connectivity index (χ1n) is 3.65. The fourth-order valence-corrected chi connectivity index (χ4v) is 1.01. The Morgan fingerprint density at radius 2 is 1.83 bits per heavy atom. The number of nitrogens with two attached hydrogens (primary N) is 2. The summed E-state index contributed by atoms with van der Waals surface area (Å²) in [5.41, 5.74) is 11.1. The minimum atomic E-state index is 0. The number of nitrogens with one attached hydrogen (secondary N) is 1. The average molecular weight is 232 g/mol. The third kappa shape index (κ3) is 7.52. The second-order valence-corrected chi connectivity index (χ2v) is 3.20. The Labute approximate surface area is 91.3 Å². The lowest BCUT2D eigenvalue weighted by molar-refractivity contribution is 0.532. The second-order valence-electron chi connectivity index (χ2n) is 2.47. The van der Waals surface area contributed by atoms with Crippen molar-refractivity contribution in [3.05, 3.63) is 0 Å². The van der Waals surface area contributed by atoms with Gasteiger partial charge in [-0.3, -0.25) is 0 Å². The van der Waals surface area contributed by atoms with Crippen molar-refractivity contribution >= 4 is 37.7 Å². The summed E-state index contributed by atoms with van der Waals surface area (Å²) in [6, 6.07) is 0.372. The number of thiol groups is 2. The van der Waals surface area contributed by atoms with Crippen molar-refractivity contribution < 1.29 is 0 Å². The van der Waals surface area contributed by atoms with Crippen LogP contribution in [0.15, 0.2) is 0 Å². The first-order valence-corrected chi connectivity index (χ1v) is 4.91. The molecule has 3 nitrogen and oxygen atoms in total. The van der Waals surface area contributed by atoms with Crippen molar-refractivity contribution in [1.29, 1.82) is 0 Å². The van der Waals surface area contributed by atoms with E-state index in [1.807, 2.05) is 0 Å². The maximum Gasteiger partial charge on any atom is 0.0278 e.